The molecular weight excluding hydrogens is 318 g/mol. The Morgan fingerprint density at radius 3 is 2.83 bits per heavy atom. The first-order valence-electron chi connectivity index (χ1n) is 6.88. The summed E-state index contributed by atoms with van der Waals surface area (Å²) in [6, 6.07) is 7.29. The second kappa shape index (κ2) is 8.75. The summed E-state index contributed by atoms with van der Waals surface area (Å²) in [6.45, 7) is 0.993. The van der Waals surface area contributed by atoms with Gasteiger partial charge in [0.2, 0.25) is 0 Å². The summed E-state index contributed by atoms with van der Waals surface area (Å²) in [7, 11) is 1.32. The lowest BCUT2D eigenvalue weighted by molar-refractivity contribution is -0.134. The number of rotatable bonds is 7. The topological polar surface area (TPSA) is 73.3 Å². The first-order valence-corrected chi connectivity index (χ1v) is 7.26. The van der Waals surface area contributed by atoms with Gasteiger partial charge in [0.05, 0.1) is 36.8 Å². The van der Waals surface area contributed by atoms with Gasteiger partial charge in [-0.15, -0.1) is 0 Å². The van der Waals surface area contributed by atoms with Crippen LogP contribution in [0.5, 0.6) is 5.75 Å². The number of hydrogen-bond donors (Lipinski definition) is 1. The average molecular weight is 334 g/mol. The second-order valence-corrected chi connectivity index (χ2v) is 4.80. The quantitative estimate of drug-likeness (QED) is 0.477. The molecule has 0 aliphatic carbocycles. The van der Waals surface area contributed by atoms with Crippen LogP contribution in [0.15, 0.2) is 42.7 Å². The van der Waals surface area contributed by atoms with Crippen LogP contribution in [-0.4, -0.2) is 36.2 Å². The van der Waals surface area contributed by atoms with E-state index >= 15 is 0 Å². The van der Waals surface area contributed by atoms with Crippen LogP contribution >= 0.6 is 11.6 Å². The van der Waals surface area contributed by atoms with E-state index in [-0.39, 0.29) is 0 Å². The van der Waals surface area contributed by atoms with E-state index in [9.17, 15) is 4.79 Å². The number of carbonyl (C=O) groups excluding carboxylic acids is 1. The third kappa shape index (κ3) is 5.60. The number of halogens is 1. The van der Waals surface area contributed by atoms with Crippen LogP contribution in [0.25, 0.3) is 6.08 Å². The minimum absolute atomic E-state index is 0.439. The van der Waals surface area contributed by atoms with Crippen molar-refractivity contribution in [3.63, 3.8) is 0 Å². The van der Waals surface area contributed by atoms with Crippen molar-refractivity contribution < 1.29 is 14.3 Å². The summed E-state index contributed by atoms with van der Waals surface area (Å²) in [4.78, 5) is 19.3. The molecule has 2 aromatic rings. The van der Waals surface area contributed by atoms with E-state index in [0.717, 1.165) is 0 Å². The standard InChI is InChI=1S/C16H16ClN3O3/c1-22-16(21)7-6-12-10-20-15(11-19-12)18-8-9-23-14-5-3-2-4-13(14)17/h2-7,10-11H,8-9H2,1H3,(H,18,20)/b7-6+. The summed E-state index contributed by atoms with van der Waals surface area (Å²) in [5.74, 6) is 0.819. The minimum atomic E-state index is -0.439. The summed E-state index contributed by atoms with van der Waals surface area (Å²) in [5.41, 5.74) is 0.563. The summed E-state index contributed by atoms with van der Waals surface area (Å²) in [6.07, 6.45) is 5.95. The molecule has 1 heterocycles. The molecule has 0 unspecified atom stereocenters. The van der Waals surface area contributed by atoms with Gasteiger partial charge >= 0.3 is 5.97 Å². The molecule has 0 saturated heterocycles. The first-order chi connectivity index (χ1) is 11.2. The molecule has 1 aromatic carbocycles. The molecule has 0 radical (unpaired) electrons. The number of hydrogen-bond acceptors (Lipinski definition) is 6. The van der Waals surface area contributed by atoms with E-state index in [1.807, 2.05) is 18.2 Å². The molecule has 0 fully saturated rings. The van der Waals surface area contributed by atoms with Gasteiger partial charge in [0.1, 0.15) is 18.2 Å². The molecule has 23 heavy (non-hydrogen) atoms. The number of nitrogens with one attached hydrogen (secondary N) is 1. The zero-order valence-corrected chi connectivity index (χ0v) is 13.3. The monoisotopic (exact) mass is 333 g/mol. The maximum Gasteiger partial charge on any atom is 0.330 e. The number of esters is 1. The van der Waals surface area contributed by atoms with Crippen LogP contribution in [0.1, 0.15) is 5.69 Å². The summed E-state index contributed by atoms with van der Waals surface area (Å²) in [5, 5.41) is 3.66. The van der Waals surface area contributed by atoms with Crippen LogP contribution in [0.3, 0.4) is 0 Å². The van der Waals surface area contributed by atoms with Gasteiger partial charge in [0.25, 0.3) is 0 Å². The molecule has 1 N–H and O–H groups in total. The van der Waals surface area contributed by atoms with Gasteiger partial charge in [0, 0.05) is 6.08 Å². The van der Waals surface area contributed by atoms with Gasteiger partial charge in [-0.05, 0) is 18.2 Å². The van der Waals surface area contributed by atoms with Crippen molar-refractivity contribution in [1.29, 1.82) is 0 Å². The predicted molar refractivity (Wildman–Crippen MR) is 88.5 cm³/mol. The van der Waals surface area contributed by atoms with E-state index in [0.29, 0.717) is 35.4 Å². The van der Waals surface area contributed by atoms with E-state index < -0.39 is 5.97 Å². The SMILES string of the molecule is COC(=O)/C=C/c1cnc(NCCOc2ccccc2Cl)cn1. The number of methoxy groups -OCH3 is 1. The zero-order valence-electron chi connectivity index (χ0n) is 12.5. The zero-order chi connectivity index (χ0) is 16.5. The lowest BCUT2D eigenvalue weighted by atomic mass is 10.3. The molecule has 0 aliphatic rings. The number of aromatic nitrogens is 2. The number of nitrogens with zero attached hydrogens (tertiary/aromatic N) is 2. The molecule has 2 rings (SSSR count). The number of carbonyl (C=O) groups is 1. The van der Waals surface area contributed by atoms with Crippen molar-refractivity contribution in [2.45, 2.75) is 0 Å². The van der Waals surface area contributed by atoms with Crippen LogP contribution in [0, 0.1) is 0 Å². The fraction of sp³-hybridized carbons (Fsp3) is 0.188. The van der Waals surface area contributed by atoms with Crippen LogP contribution in [-0.2, 0) is 9.53 Å². The number of anilines is 1. The second-order valence-electron chi connectivity index (χ2n) is 4.39. The van der Waals surface area contributed by atoms with Crippen molar-refractivity contribution in [3.05, 3.63) is 53.5 Å². The Kier molecular flexibility index (Phi) is 6.38. The Hall–Kier alpha value is -2.60. The third-order valence-corrected chi connectivity index (χ3v) is 3.08. The van der Waals surface area contributed by atoms with E-state index in [1.54, 1.807) is 18.5 Å². The molecule has 0 bridgehead atoms. The van der Waals surface area contributed by atoms with E-state index in [2.05, 4.69) is 20.0 Å². The average Bonchev–Trinajstić information content (AvgIpc) is 2.59. The molecular formula is C16H16ClN3O3. The largest absolute Gasteiger partial charge is 0.490 e. The molecule has 7 heteroatoms. The minimum Gasteiger partial charge on any atom is -0.490 e. The molecule has 6 nitrogen and oxygen atoms in total. The van der Waals surface area contributed by atoms with Crippen molar-refractivity contribution in [3.8, 4) is 5.75 Å². The predicted octanol–water partition coefficient (Wildman–Crippen LogP) is 2.81. The highest BCUT2D eigenvalue weighted by Crippen LogP contribution is 2.22. The van der Waals surface area contributed by atoms with Gasteiger partial charge in [-0.1, -0.05) is 23.7 Å². The van der Waals surface area contributed by atoms with Gasteiger partial charge in [0.15, 0.2) is 0 Å². The third-order valence-electron chi connectivity index (χ3n) is 2.77. The number of para-hydroxylation sites is 1. The van der Waals surface area contributed by atoms with E-state index in [1.165, 1.54) is 19.3 Å². The Morgan fingerprint density at radius 2 is 2.13 bits per heavy atom. The number of benzene rings is 1. The van der Waals surface area contributed by atoms with Crippen LogP contribution in [0.4, 0.5) is 5.82 Å². The summed E-state index contributed by atoms with van der Waals surface area (Å²) < 4.78 is 10.1. The Morgan fingerprint density at radius 1 is 1.30 bits per heavy atom. The van der Waals surface area contributed by atoms with E-state index in [4.69, 9.17) is 16.3 Å². The maximum absolute atomic E-state index is 11.0. The first kappa shape index (κ1) is 16.8. The van der Waals surface area contributed by atoms with Crippen LogP contribution in [0.2, 0.25) is 5.02 Å². The van der Waals surface area contributed by atoms with Crippen molar-refractivity contribution in [1.82, 2.24) is 9.97 Å². The summed E-state index contributed by atoms with van der Waals surface area (Å²) >= 11 is 5.99. The molecule has 0 amide bonds. The molecule has 0 spiro atoms. The fourth-order valence-electron chi connectivity index (χ4n) is 1.64. The highest BCUT2D eigenvalue weighted by molar-refractivity contribution is 6.32. The smallest absolute Gasteiger partial charge is 0.330 e. The van der Waals surface area contributed by atoms with Crippen molar-refractivity contribution >= 4 is 29.5 Å². The molecule has 0 atom stereocenters. The molecule has 1 aromatic heterocycles. The normalized spacial score (nSPS) is 10.5. The van der Waals surface area contributed by atoms with Gasteiger partial charge in [-0.3, -0.25) is 4.98 Å². The lowest BCUT2D eigenvalue weighted by Crippen LogP contribution is -2.12. The molecule has 0 saturated carbocycles. The van der Waals surface area contributed by atoms with Crippen molar-refractivity contribution in [2.75, 3.05) is 25.6 Å². The Bertz CT molecular complexity index is 675. The molecule has 120 valence electrons. The van der Waals surface area contributed by atoms with Crippen molar-refractivity contribution in [2.24, 2.45) is 0 Å². The highest BCUT2D eigenvalue weighted by Gasteiger charge is 2.00. The molecule has 0 aliphatic heterocycles. The van der Waals surface area contributed by atoms with Gasteiger partial charge in [-0.25, -0.2) is 9.78 Å². The highest BCUT2D eigenvalue weighted by atomic mass is 35.5. The Balaban J connectivity index is 1.77. The Labute approximate surface area is 139 Å². The van der Waals surface area contributed by atoms with Crippen LogP contribution < -0.4 is 10.1 Å². The lowest BCUT2D eigenvalue weighted by Gasteiger charge is -2.09. The number of ether oxygens (including phenoxy) is 2. The van der Waals surface area contributed by atoms with Gasteiger partial charge < -0.3 is 14.8 Å². The maximum atomic E-state index is 11.0. The fourth-order valence-corrected chi connectivity index (χ4v) is 1.83. The van der Waals surface area contributed by atoms with Gasteiger partial charge in [-0.2, -0.15) is 0 Å².